The Kier molecular flexibility index (Phi) is 3.10. The molecule has 0 aromatic rings. The third-order valence-corrected chi connectivity index (χ3v) is 6.00. The van der Waals surface area contributed by atoms with E-state index in [2.05, 4.69) is 15.1 Å². The van der Waals surface area contributed by atoms with Gasteiger partial charge in [0.2, 0.25) is 0 Å². The van der Waals surface area contributed by atoms with Gasteiger partial charge >= 0.3 is 0 Å². The average molecular weight is 249 g/mol. The van der Waals surface area contributed by atoms with Gasteiger partial charge in [-0.15, -0.1) is 0 Å². The van der Waals surface area contributed by atoms with Gasteiger partial charge in [-0.3, -0.25) is 9.80 Å². The summed E-state index contributed by atoms with van der Waals surface area (Å²) in [4.78, 5) is 5.47. The minimum Gasteiger partial charge on any atom is -0.312 e. The second-order valence-corrected chi connectivity index (χ2v) is 6.96. The van der Waals surface area contributed by atoms with Crippen molar-refractivity contribution in [3.63, 3.8) is 0 Å². The van der Waals surface area contributed by atoms with Crippen LogP contribution in [0.3, 0.4) is 0 Å². The first kappa shape index (κ1) is 11.7. The highest BCUT2D eigenvalue weighted by Gasteiger charge is 2.40. The van der Waals surface area contributed by atoms with E-state index in [4.69, 9.17) is 0 Å². The summed E-state index contributed by atoms with van der Waals surface area (Å²) in [6.45, 7) is 7.97. The van der Waals surface area contributed by atoms with E-state index in [9.17, 15) is 0 Å². The van der Waals surface area contributed by atoms with E-state index in [1.54, 1.807) is 0 Å². The van der Waals surface area contributed by atoms with E-state index < -0.39 is 0 Å². The highest BCUT2D eigenvalue weighted by Crippen LogP contribution is 2.38. The largest absolute Gasteiger partial charge is 0.312 e. The van der Waals surface area contributed by atoms with E-state index in [1.807, 2.05) is 0 Å². The molecule has 1 saturated carbocycles. The van der Waals surface area contributed by atoms with Gasteiger partial charge < -0.3 is 5.32 Å². The highest BCUT2D eigenvalue weighted by molar-refractivity contribution is 4.97. The lowest BCUT2D eigenvalue weighted by Crippen LogP contribution is -2.53. The molecular formula is C15H27N3. The molecule has 0 aromatic carbocycles. The number of rotatable bonds is 2. The minimum absolute atomic E-state index is 0.811. The first-order valence-corrected chi connectivity index (χ1v) is 8.10. The molecule has 3 saturated heterocycles. The van der Waals surface area contributed by atoms with Crippen LogP contribution < -0.4 is 5.32 Å². The quantitative estimate of drug-likeness (QED) is 0.792. The summed E-state index contributed by atoms with van der Waals surface area (Å²) in [7, 11) is 0. The van der Waals surface area contributed by atoms with Gasteiger partial charge in [0.15, 0.2) is 0 Å². The first-order chi connectivity index (χ1) is 8.90. The van der Waals surface area contributed by atoms with Crippen LogP contribution in [0, 0.1) is 11.8 Å². The molecule has 0 amide bonds. The SMILES string of the molecule is C1CC2CNC(CN3CCN4CCCC4C3)C2C1. The first-order valence-electron chi connectivity index (χ1n) is 8.10. The van der Waals surface area contributed by atoms with E-state index in [-0.39, 0.29) is 0 Å². The Hall–Kier alpha value is -0.120. The molecule has 0 bridgehead atoms. The number of nitrogens with zero attached hydrogens (tertiary/aromatic N) is 2. The summed E-state index contributed by atoms with van der Waals surface area (Å²) in [5.41, 5.74) is 0. The molecule has 3 nitrogen and oxygen atoms in total. The second kappa shape index (κ2) is 4.77. The van der Waals surface area contributed by atoms with Crippen molar-refractivity contribution in [2.45, 2.75) is 44.2 Å². The van der Waals surface area contributed by atoms with Crippen LogP contribution in [0.2, 0.25) is 0 Å². The summed E-state index contributed by atoms with van der Waals surface area (Å²) in [6.07, 6.45) is 7.35. The standard InChI is InChI=1S/C15H27N3/c1-3-12-9-16-15(14(12)5-1)11-17-7-8-18-6-2-4-13(18)10-17/h12-16H,1-11H2. The molecule has 3 heteroatoms. The molecule has 3 aliphatic heterocycles. The van der Waals surface area contributed by atoms with Gasteiger partial charge in [-0.2, -0.15) is 0 Å². The number of piperazine rings is 1. The maximum absolute atomic E-state index is 3.81. The summed E-state index contributed by atoms with van der Waals surface area (Å²) in [5, 5.41) is 3.81. The van der Waals surface area contributed by atoms with Crippen LogP contribution in [0.1, 0.15) is 32.1 Å². The van der Waals surface area contributed by atoms with Crippen LogP contribution in [0.5, 0.6) is 0 Å². The highest BCUT2D eigenvalue weighted by atomic mass is 15.3. The molecule has 4 rings (SSSR count). The molecule has 102 valence electrons. The van der Waals surface area contributed by atoms with E-state index in [0.29, 0.717) is 0 Å². The summed E-state index contributed by atoms with van der Waals surface area (Å²) >= 11 is 0. The molecule has 4 unspecified atom stereocenters. The van der Waals surface area contributed by atoms with Crippen LogP contribution >= 0.6 is 0 Å². The number of hydrogen-bond acceptors (Lipinski definition) is 3. The molecule has 0 spiro atoms. The normalized spacial score (nSPS) is 45.3. The fourth-order valence-corrected chi connectivity index (χ4v) is 5.00. The Bertz CT molecular complexity index is 306. The van der Waals surface area contributed by atoms with Crippen LogP contribution in [0.25, 0.3) is 0 Å². The van der Waals surface area contributed by atoms with Crippen molar-refractivity contribution in [3.8, 4) is 0 Å². The molecule has 0 aromatic heterocycles. The fourth-order valence-electron chi connectivity index (χ4n) is 5.00. The smallest absolute Gasteiger partial charge is 0.0226 e. The average Bonchev–Trinajstić information content (AvgIpc) is 3.06. The Morgan fingerprint density at radius 2 is 2.00 bits per heavy atom. The van der Waals surface area contributed by atoms with Crippen LogP contribution in [0.15, 0.2) is 0 Å². The molecule has 0 radical (unpaired) electrons. The Labute approximate surface area is 111 Å². The number of hydrogen-bond donors (Lipinski definition) is 1. The zero-order valence-corrected chi connectivity index (χ0v) is 11.5. The molecule has 4 fully saturated rings. The zero-order chi connectivity index (χ0) is 11.9. The van der Waals surface area contributed by atoms with Crippen molar-refractivity contribution in [1.82, 2.24) is 15.1 Å². The summed E-state index contributed by atoms with van der Waals surface area (Å²) < 4.78 is 0. The van der Waals surface area contributed by atoms with Crippen molar-refractivity contribution in [2.24, 2.45) is 11.8 Å². The monoisotopic (exact) mass is 249 g/mol. The van der Waals surface area contributed by atoms with Gasteiger partial charge in [-0.25, -0.2) is 0 Å². The van der Waals surface area contributed by atoms with Gasteiger partial charge in [0.25, 0.3) is 0 Å². The summed E-state index contributed by atoms with van der Waals surface area (Å²) in [5.74, 6) is 2.02. The van der Waals surface area contributed by atoms with Crippen molar-refractivity contribution in [2.75, 3.05) is 39.3 Å². The van der Waals surface area contributed by atoms with Crippen molar-refractivity contribution >= 4 is 0 Å². The van der Waals surface area contributed by atoms with Crippen LogP contribution in [-0.4, -0.2) is 61.2 Å². The van der Waals surface area contributed by atoms with Gasteiger partial charge in [-0.05, 0) is 50.6 Å². The molecule has 18 heavy (non-hydrogen) atoms. The lowest BCUT2D eigenvalue weighted by Gasteiger charge is -2.39. The predicted octanol–water partition coefficient (Wildman–Crippen LogP) is 1.15. The van der Waals surface area contributed by atoms with Crippen LogP contribution in [-0.2, 0) is 0 Å². The maximum Gasteiger partial charge on any atom is 0.0226 e. The van der Waals surface area contributed by atoms with E-state index in [0.717, 1.165) is 23.9 Å². The molecule has 3 heterocycles. The molecule has 1 aliphatic carbocycles. The van der Waals surface area contributed by atoms with Crippen molar-refractivity contribution in [3.05, 3.63) is 0 Å². The fraction of sp³-hybridized carbons (Fsp3) is 1.00. The third kappa shape index (κ3) is 2.00. The molecule has 4 atom stereocenters. The Balaban J connectivity index is 1.34. The van der Waals surface area contributed by atoms with E-state index >= 15 is 0 Å². The molecule has 4 aliphatic rings. The lowest BCUT2D eigenvalue weighted by atomic mass is 9.93. The summed E-state index contributed by atoms with van der Waals surface area (Å²) in [6, 6.07) is 1.70. The predicted molar refractivity (Wildman–Crippen MR) is 73.7 cm³/mol. The van der Waals surface area contributed by atoms with Crippen molar-refractivity contribution in [1.29, 1.82) is 0 Å². The Morgan fingerprint density at radius 1 is 1.00 bits per heavy atom. The van der Waals surface area contributed by atoms with E-state index in [1.165, 1.54) is 71.4 Å². The van der Waals surface area contributed by atoms with Crippen LogP contribution in [0.4, 0.5) is 0 Å². The zero-order valence-electron chi connectivity index (χ0n) is 11.5. The van der Waals surface area contributed by atoms with Gasteiger partial charge in [0, 0.05) is 38.3 Å². The van der Waals surface area contributed by atoms with Gasteiger partial charge in [0.1, 0.15) is 0 Å². The Morgan fingerprint density at radius 3 is 3.00 bits per heavy atom. The van der Waals surface area contributed by atoms with Gasteiger partial charge in [0.05, 0.1) is 0 Å². The minimum atomic E-state index is 0.811. The van der Waals surface area contributed by atoms with Crippen molar-refractivity contribution < 1.29 is 0 Å². The van der Waals surface area contributed by atoms with Gasteiger partial charge in [-0.1, -0.05) is 6.42 Å². The molecule has 1 N–H and O–H groups in total. The third-order valence-electron chi connectivity index (χ3n) is 6.00. The molecular weight excluding hydrogens is 222 g/mol. The number of fused-ring (bicyclic) bond motifs is 2. The lowest BCUT2D eigenvalue weighted by molar-refractivity contribution is 0.0932. The maximum atomic E-state index is 3.81. The second-order valence-electron chi connectivity index (χ2n) is 6.96. The topological polar surface area (TPSA) is 18.5 Å². The number of nitrogens with one attached hydrogen (secondary N) is 1.